The predicted octanol–water partition coefficient (Wildman–Crippen LogP) is 2.17. The van der Waals surface area contributed by atoms with Gasteiger partial charge in [-0.2, -0.15) is 0 Å². The van der Waals surface area contributed by atoms with Crippen LogP contribution in [0.2, 0.25) is 0 Å². The van der Waals surface area contributed by atoms with Crippen molar-refractivity contribution in [2.75, 3.05) is 13.6 Å². The highest BCUT2D eigenvalue weighted by molar-refractivity contribution is 8.01. The van der Waals surface area contributed by atoms with E-state index in [0.717, 1.165) is 12.8 Å². The van der Waals surface area contributed by atoms with E-state index in [1.165, 1.54) is 9.80 Å². The molecule has 160 valence electrons. The summed E-state index contributed by atoms with van der Waals surface area (Å²) in [5.74, 6) is -0.826. The number of nitrogens with zero attached hydrogens (tertiary/aromatic N) is 2. The molecule has 28 heavy (non-hydrogen) atoms. The molecule has 1 saturated heterocycles. The van der Waals surface area contributed by atoms with Crippen molar-refractivity contribution >= 4 is 35.4 Å². The molecule has 0 aromatic rings. The molecule has 0 bridgehead atoms. The standard InChI is InChI=1S/C20H35N3O4S/c1-6-14(4)28-15-12-17(25)23(20(15)27)11-9-7-8-10-16(24)22(5)18(13(2)3)19(21)26/h13-15,18H,6-12H2,1-5H3,(H2,21,26). The second-order valence-electron chi connectivity index (χ2n) is 7.84. The first-order chi connectivity index (χ1) is 13.1. The number of carbonyl (C=O) groups excluding carboxylic acids is 4. The Labute approximate surface area is 172 Å². The van der Waals surface area contributed by atoms with Gasteiger partial charge in [-0.05, 0) is 25.2 Å². The van der Waals surface area contributed by atoms with Crippen LogP contribution in [-0.2, 0) is 19.2 Å². The van der Waals surface area contributed by atoms with Crippen molar-refractivity contribution in [2.24, 2.45) is 11.7 Å². The summed E-state index contributed by atoms with van der Waals surface area (Å²) in [7, 11) is 1.61. The molecule has 0 aliphatic carbocycles. The molecule has 0 radical (unpaired) electrons. The topological polar surface area (TPSA) is 101 Å². The summed E-state index contributed by atoms with van der Waals surface area (Å²) in [6, 6.07) is -0.604. The first-order valence-corrected chi connectivity index (χ1v) is 11.1. The Hall–Kier alpha value is -1.57. The normalized spacial score (nSPS) is 19.2. The maximum atomic E-state index is 12.4. The van der Waals surface area contributed by atoms with E-state index in [0.29, 0.717) is 37.5 Å². The third kappa shape index (κ3) is 6.79. The zero-order valence-corrected chi connectivity index (χ0v) is 18.6. The number of hydrogen-bond acceptors (Lipinski definition) is 5. The summed E-state index contributed by atoms with van der Waals surface area (Å²) in [5.41, 5.74) is 5.39. The van der Waals surface area contributed by atoms with E-state index in [9.17, 15) is 19.2 Å². The summed E-state index contributed by atoms with van der Waals surface area (Å²) in [6.07, 6.45) is 3.65. The average molecular weight is 414 g/mol. The van der Waals surface area contributed by atoms with Crippen LogP contribution in [0.1, 0.15) is 66.2 Å². The molecule has 1 aliphatic rings. The lowest BCUT2D eigenvalue weighted by atomic mass is 10.0. The third-order valence-electron chi connectivity index (χ3n) is 5.18. The fourth-order valence-electron chi connectivity index (χ4n) is 3.39. The van der Waals surface area contributed by atoms with Gasteiger partial charge in [-0.3, -0.25) is 24.1 Å². The van der Waals surface area contributed by atoms with Gasteiger partial charge in [0.25, 0.3) is 0 Å². The maximum Gasteiger partial charge on any atom is 0.242 e. The number of likely N-dealkylation sites (tertiary alicyclic amines) is 1. The Kier molecular flexibility index (Phi) is 9.99. The fourth-order valence-corrected chi connectivity index (χ4v) is 4.63. The smallest absolute Gasteiger partial charge is 0.242 e. The number of rotatable bonds is 12. The Balaban J connectivity index is 2.37. The van der Waals surface area contributed by atoms with Crippen LogP contribution >= 0.6 is 11.8 Å². The summed E-state index contributed by atoms with van der Waals surface area (Å²) in [6.45, 7) is 8.27. The molecule has 2 N–H and O–H groups in total. The molecule has 7 nitrogen and oxygen atoms in total. The predicted molar refractivity (Wildman–Crippen MR) is 112 cm³/mol. The Bertz CT molecular complexity index is 582. The molecule has 1 heterocycles. The third-order valence-corrected chi connectivity index (χ3v) is 6.67. The first kappa shape index (κ1) is 24.5. The summed E-state index contributed by atoms with van der Waals surface area (Å²) >= 11 is 1.58. The van der Waals surface area contributed by atoms with E-state index < -0.39 is 11.9 Å². The van der Waals surface area contributed by atoms with Crippen LogP contribution in [0.3, 0.4) is 0 Å². The van der Waals surface area contributed by atoms with Crippen LogP contribution in [0, 0.1) is 5.92 Å². The lowest BCUT2D eigenvalue weighted by Crippen LogP contribution is -2.48. The van der Waals surface area contributed by atoms with Crippen LogP contribution in [0.4, 0.5) is 0 Å². The molecule has 1 aliphatic heterocycles. The van der Waals surface area contributed by atoms with Crippen molar-refractivity contribution in [3.63, 3.8) is 0 Å². The lowest BCUT2D eigenvalue weighted by molar-refractivity contribution is -0.139. The van der Waals surface area contributed by atoms with E-state index in [-0.39, 0.29) is 28.9 Å². The first-order valence-electron chi connectivity index (χ1n) is 10.1. The van der Waals surface area contributed by atoms with Gasteiger partial charge in [-0.25, -0.2) is 0 Å². The number of primary amides is 1. The average Bonchev–Trinajstić information content (AvgIpc) is 2.87. The van der Waals surface area contributed by atoms with Crippen LogP contribution in [-0.4, -0.2) is 63.6 Å². The molecule has 0 saturated carbocycles. The van der Waals surface area contributed by atoms with Crippen molar-refractivity contribution in [2.45, 2.75) is 82.8 Å². The monoisotopic (exact) mass is 413 g/mol. The Morgan fingerprint density at radius 2 is 1.86 bits per heavy atom. The highest BCUT2D eigenvalue weighted by atomic mass is 32.2. The van der Waals surface area contributed by atoms with Crippen molar-refractivity contribution in [1.82, 2.24) is 9.80 Å². The maximum absolute atomic E-state index is 12.4. The molecule has 3 unspecified atom stereocenters. The number of carbonyl (C=O) groups is 4. The molecule has 1 fully saturated rings. The molecule has 0 aromatic carbocycles. The number of nitrogens with two attached hydrogens (primary N) is 1. The zero-order valence-electron chi connectivity index (χ0n) is 17.8. The van der Waals surface area contributed by atoms with Crippen LogP contribution in [0.15, 0.2) is 0 Å². The number of likely N-dealkylation sites (N-methyl/N-ethyl adjacent to an activating group) is 1. The second kappa shape index (κ2) is 11.4. The van der Waals surface area contributed by atoms with E-state index in [1.807, 2.05) is 13.8 Å². The summed E-state index contributed by atoms with van der Waals surface area (Å²) in [4.78, 5) is 51.2. The van der Waals surface area contributed by atoms with E-state index in [2.05, 4.69) is 13.8 Å². The number of imide groups is 1. The SMILES string of the molecule is CCC(C)SC1CC(=O)N(CCCCCC(=O)N(C)C(C(N)=O)C(C)C)C1=O. The van der Waals surface area contributed by atoms with Crippen LogP contribution in [0.5, 0.6) is 0 Å². The van der Waals surface area contributed by atoms with E-state index in [4.69, 9.17) is 5.73 Å². The van der Waals surface area contributed by atoms with Crippen molar-refractivity contribution in [3.05, 3.63) is 0 Å². The second-order valence-corrected chi connectivity index (χ2v) is 9.48. The molecule has 0 spiro atoms. The lowest BCUT2D eigenvalue weighted by Gasteiger charge is -2.28. The number of unbranched alkanes of at least 4 members (excludes halogenated alkanes) is 2. The summed E-state index contributed by atoms with van der Waals surface area (Å²) < 4.78 is 0. The number of amides is 4. The molecular weight excluding hydrogens is 378 g/mol. The molecule has 1 rings (SSSR count). The Morgan fingerprint density at radius 1 is 1.21 bits per heavy atom. The van der Waals surface area contributed by atoms with Crippen molar-refractivity contribution in [1.29, 1.82) is 0 Å². The zero-order chi connectivity index (χ0) is 21.4. The molecule has 8 heteroatoms. The van der Waals surface area contributed by atoms with Gasteiger partial charge in [-0.1, -0.05) is 34.1 Å². The highest BCUT2D eigenvalue weighted by Gasteiger charge is 2.39. The minimum Gasteiger partial charge on any atom is -0.368 e. The summed E-state index contributed by atoms with van der Waals surface area (Å²) in [5, 5.41) is 0.110. The fraction of sp³-hybridized carbons (Fsp3) is 0.800. The van der Waals surface area contributed by atoms with Crippen LogP contribution < -0.4 is 5.73 Å². The Morgan fingerprint density at radius 3 is 2.39 bits per heavy atom. The minimum absolute atomic E-state index is 0.0418. The number of hydrogen-bond donors (Lipinski definition) is 1. The number of thioether (sulfide) groups is 1. The van der Waals surface area contributed by atoms with Crippen molar-refractivity contribution in [3.8, 4) is 0 Å². The minimum atomic E-state index is -0.604. The van der Waals surface area contributed by atoms with Gasteiger partial charge in [0.15, 0.2) is 0 Å². The van der Waals surface area contributed by atoms with Crippen LogP contribution in [0.25, 0.3) is 0 Å². The van der Waals surface area contributed by atoms with Gasteiger partial charge < -0.3 is 10.6 Å². The van der Waals surface area contributed by atoms with E-state index >= 15 is 0 Å². The van der Waals surface area contributed by atoms with Gasteiger partial charge in [0.2, 0.25) is 23.6 Å². The highest BCUT2D eigenvalue weighted by Crippen LogP contribution is 2.29. The van der Waals surface area contributed by atoms with Crippen molar-refractivity contribution < 1.29 is 19.2 Å². The molecule has 4 amide bonds. The van der Waals surface area contributed by atoms with Gasteiger partial charge in [-0.15, -0.1) is 11.8 Å². The molecule has 0 aromatic heterocycles. The largest absolute Gasteiger partial charge is 0.368 e. The molecule has 3 atom stereocenters. The van der Waals surface area contributed by atoms with E-state index in [1.54, 1.807) is 18.8 Å². The van der Waals surface area contributed by atoms with Gasteiger partial charge in [0, 0.05) is 31.7 Å². The quantitative estimate of drug-likeness (QED) is 0.390. The molecular formula is C20H35N3O4S. The van der Waals surface area contributed by atoms with Gasteiger partial charge in [0.05, 0.1) is 5.25 Å². The van der Waals surface area contributed by atoms with Gasteiger partial charge in [0.1, 0.15) is 6.04 Å². The van der Waals surface area contributed by atoms with Gasteiger partial charge >= 0.3 is 0 Å².